The number of halogens is 1. The van der Waals surface area contributed by atoms with Crippen LogP contribution in [-0.4, -0.2) is 18.3 Å². The van der Waals surface area contributed by atoms with Crippen molar-refractivity contribution in [2.24, 2.45) is 4.99 Å². The number of aliphatic imine (C=N–C) groups is 1. The van der Waals surface area contributed by atoms with Gasteiger partial charge >= 0.3 is 0 Å². The molecular formula is C13H11BrN2O. The molecule has 0 aliphatic heterocycles. The van der Waals surface area contributed by atoms with Gasteiger partial charge in [-0.15, -0.1) is 0 Å². The average Bonchev–Trinajstić information content (AvgIpc) is 2.38. The van der Waals surface area contributed by atoms with Gasteiger partial charge in [-0.25, -0.2) is 9.98 Å². The molecule has 0 amide bonds. The Bertz CT molecular complexity index is 523. The lowest BCUT2D eigenvalue weighted by Gasteiger charge is -1.99. The van der Waals surface area contributed by atoms with Crippen LogP contribution in [0.3, 0.4) is 0 Å². The smallest absolute Gasteiger partial charge is 0.151 e. The first-order chi connectivity index (χ1) is 8.28. The van der Waals surface area contributed by atoms with Gasteiger partial charge in [-0.05, 0) is 45.8 Å². The molecule has 1 aromatic heterocycles. The third kappa shape index (κ3) is 3.39. The zero-order chi connectivity index (χ0) is 12.1. The number of methoxy groups -OCH3 is 1. The normalized spacial score (nSPS) is 10.7. The minimum absolute atomic E-state index is 0.677. The zero-order valence-electron chi connectivity index (χ0n) is 9.30. The molecule has 2 rings (SSSR count). The van der Waals surface area contributed by atoms with Crippen molar-refractivity contribution in [2.45, 2.75) is 0 Å². The number of ether oxygens (including phenoxy) is 1. The van der Waals surface area contributed by atoms with Crippen molar-refractivity contribution in [1.29, 1.82) is 0 Å². The quantitative estimate of drug-likeness (QED) is 0.810. The summed E-state index contributed by atoms with van der Waals surface area (Å²) in [5.41, 5.74) is 0.981. The molecule has 1 heterocycles. The molecule has 0 saturated heterocycles. The van der Waals surface area contributed by atoms with Gasteiger partial charge in [0.2, 0.25) is 0 Å². The lowest BCUT2D eigenvalue weighted by molar-refractivity contribution is 0.415. The molecular weight excluding hydrogens is 280 g/mol. The van der Waals surface area contributed by atoms with Crippen LogP contribution in [0.25, 0.3) is 0 Å². The molecule has 17 heavy (non-hydrogen) atoms. The predicted octanol–water partition coefficient (Wildman–Crippen LogP) is 3.60. The van der Waals surface area contributed by atoms with E-state index < -0.39 is 0 Å². The Morgan fingerprint density at radius 1 is 1.29 bits per heavy atom. The molecule has 0 radical (unpaired) electrons. The predicted molar refractivity (Wildman–Crippen MR) is 72.2 cm³/mol. The van der Waals surface area contributed by atoms with Crippen molar-refractivity contribution in [2.75, 3.05) is 7.11 Å². The molecule has 0 aliphatic carbocycles. The second kappa shape index (κ2) is 5.59. The molecule has 4 heteroatoms. The highest BCUT2D eigenvalue weighted by Crippen LogP contribution is 2.14. The molecule has 0 atom stereocenters. The molecule has 0 fully saturated rings. The van der Waals surface area contributed by atoms with Gasteiger partial charge in [0, 0.05) is 16.9 Å². The number of nitrogens with zero attached hydrogens (tertiary/aromatic N) is 2. The van der Waals surface area contributed by atoms with Crippen LogP contribution in [0.4, 0.5) is 5.82 Å². The van der Waals surface area contributed by atoms with E-state index >= 15 is 0 Å². The fourth-order valence-electron chi connectivity index (χ4n) is 1.31. The first-order valence-corrected chi connectivity index (χ1v) is 5.87. The molecule has 0 spiro atoms. The molecule has 0 bridgehead atoms. The van der Waals surface area contributed by atoms with Gasteiger partial charge in [-0.1, -0.05) is 12.1 Å². The summed E-state index contributed by atoms with van der Waals surface area (Å²) in [6.07, 6.45) is 3.48. The molecule has 0 saturated carbocycles. The maximum absolute atomic E-state index is 5.14. The Hall–Kier alpha value is -1.68. The van der Waals surface area contributed by atoms with E-state index in [0.717, 1.165) is 15.8 Å². The minimum atomic E-state index is 0.677. The van der Waals surface area contributed by atoms with E-state index in [0.29, 0.717) is 5.82 Å². The van der Waals surface area contributed by atoms with E-state index in [2.05, 4.69) is 25.9 Å². The second-order valence-corrected chi connectivity index (χ2v) is 4.29. The first kappa shape index (κ1) is 11.8. The summed E-state index contributed by atoms with van der Waals surface area (Å²) in [4.78, 5) is 8.44. The number of aromatic nitrogens is 1. The van der Waals surface area contributed by atoms with Crippen LogP contribution in [0.15, 0.2) is 52.1 Å². The van der Waals surface area contributed by atoms with E-state index in [4.69, 9.17) is 4.74 Å². The Balaban J connectivity index is 2.16. The number of benzene rings is 1. The van der Waals surface area contributed by atoms with Gasteiger partial charge in [-0.2, -0.15) is 0 Å². The van der Waals surface area contributed by atoms with E-state index in [9.17, 15) is 0 Å². The maximum atomic E-state index is 5.14. The SMILES string of the molecule is COc1cccc(C=Nc2ccc(Br)cn2)c1. The van der Waals surface area contributed by atoms with Crippen LogP contribution >= 0.6 is 15.9 Å². The summed E-state index contributed by atoms with van der Waals surface area (Å²) in [6.45, 7) is 0. The van der Waals surface area contributed by atoms with Gasteiger partial charge in [0.15, 0.2) is 5.82 Å². The van der Waals surface area contributed by atoms with Gasteiger partial charge in [0.25, 0.3) is 0 Å². The van der Waals surface area contributed by atoms with E-state index in [1.807, 2.05) is 36.4 Å². The molecule has 86 valence electrons. The highest BCUT2D eigenvalue weighted by Gasteiger charge is 1.93. The van der Waals surface area contributed by atoms with Crippen molar-refractivity contribution in [1.82, 2.24) is 4.98 Å². The first-order valence-electron chi connectivity index (χ1n) is 5.07. The van der Waals surface area contributed by atoms with Gasteiger partial charge in [0.05, 0.1) is 7.11 Å². The van der Waals surface area contributed by atoms with Crippen molar-refractivity contribution >= 4 is 28.0 Å². The van der Waals surface area contributed by atoms with Gasteiger partial charge in [0.1, 0.15) is 5.75 Å². The van der Waals surface area contributed by atoms with Gasteiger partial charge in [-0.3, -0.25) is 0 Å². The average molecular weight is 291 g/mol. The Kier molecular flexibility index (Phi) is 3.88. The van der Waals surface area contributed by atoms with Crippen LogP contribution < -0.4 is 4.74 Å². The largest absolute Gasteiger partial charge is 0.497 e. The van der Waals surface area contributed by atoms with Crippen LogP contribution in [0.1, 0.15) is 5.56 Å². The summed E-state index contributed by atoms with van der Waals surface area (Å²) < 4.78 is 6.08. The fourth-order valence-corrected chi connectivity index (χ4v) is 1.54. The van der Waals surface area contributed by atoms with Crippen LogP contribution in [0, 0.1) is 0 Å². The summed E-state index contributed by atoms with van der Waals surface area (Å²) >= 11 is 3.33. The Morgan fingerprint density at radius 2 is 2.18 bits per heavy atom. The summed E-state index contributed by atoms with van der Waals surface area (Å²) in [7, 11) is 1.65. The Morgan fingerprint density at radius 3 is 2.88 bits per heavy atom. The highest BCUT2D eigenvalue weighted by molar-refractivity contribution is 9.10. The summed E-state index contributed by atoms with van der Waals surface area (Å²) in [5.74, 6) is 1.49. The summed E-state index contributed by atoms with van der Waals surface area (Å²) in [5, 5.41) is 0. The standard InChI is InChI=1S/C13H11BrN2O/c1-17-12-4-2-3-10(7-12)8-15-13-6-5-11(14)9-16-13/h2-9H,1H3. The fraction of sp³-hybridized carbons (Fsp3) is 0.0769. The second-order valence-electron chi connectivity index (χ2n) is 3.37. The molecule has 0 unspecified atom stereocenters. The van der Waals surface area contributed by atoms with Gasteiger partial charge < -0.3 is 4.74 Å². The maximum Gasteiger partial charge on any atom is 0.151 e. The number of pyridine rings is 1. The molecule has 1 aromatic carbocycles. The van der Waals surface area contributed by atoms with Crippen molar-refractivity contribution < 1.29 is 4.74 Å². The van der Waals surface area contributed by atoms with Crippen molar-refractivity contribution in [3.8, 4) is 5.75 Å². The lowest BCUT2D eigenvalue weighted by Crippen LogP contribution is -1.85. The highest BCUT2D eigenvalue weighted by atomic mass is 79.9. The molecule has 3 nitrogen and oxygen atoms in total. The van der Waals surface area contributed by atoms with E-state index in [-0.39, 0.29) is 0 Å². The molecule has 2 aromatic rings. The minimum Gasteiger partial charge on any atom is -0.497 e. The van der Waals surface area contributed by atoms with Crippen molar-refractivity contribution in [3.05, 3.63) is 52.6 Å². The molecule has 0 N–H and O–H groups in total. The van der Waals surface area contributed by atoms with E-state index in [1.165, 1.54) is 0 Å². The molecule has 0 aliphatic rings. The van der Waals surface area contributed by atoms with Crippen LogP contribution in [0.5, 0.6) is 5.75 Å². The van der Waals surface area contributed by atoms with Crippen molar-refractivity contribution in [3.63, 3.8) is 0 Å². The van der Waals surface area contributed by atoms with E-state index in [1.54, 1.807) is 19.5 Å². The van der Waals surface area contributed by atoms with Crippen LogP contribution in [0.2, 0.25) is 0 Å². The van der Waals surface area contributed by atoms with Crippen LogP contribution in [-0.2, 0) is 0 Å². The zero-order valence-corrected chi connectivity index (χ0v) is 10.9. The Labute approximate surface area is 108 Å². The monoisotopic (exact) mass is 290 g/mol. The topological polar surface area (TPSA) is 34.5 Å². The lowest BCUT2D eigenvalue weighted by atomic mass is 10.2. The number of hydrogen-bond acceptors (Lipinski definition) is 3. The number of hydrogen-bond donors (Lipinski definition) is 0. The number of rotatable bonds is 3. The third-order valence-corrected chi connectivity index (χ3v) is 2.62. The summed E-state index contributed by atoms with van der Waals surface area (Å²) in [6, 6.07) is 11.5. The third-order valence-electron chi connectivity index (χ3n) is 2.15.